The molecule has 4 nitrogen and oxygen atoms in total. The van der Waals surface area contributed by atoms with Gasteiger partial charge in [0, 0.05) is 18.8 Å². The van der Waals surface area contributed by atoms with Gasteiger partial charge in [-0.1, -0.05) is 32.0 Å². The zero-order valence-electron chi connectivity index (χ0n) is 11.8. The second kappa shape index (κ2) is 6.06. The summed E-state index contributed by atoms with van der Waals surface area (Å²) in [6.45, 7) is 8.15. The van der Waals surface area contributed by atoms with Crippen LogP contribution < -0.4 is 5.32 Å². The summed E-state index contributed by atoms with van der Waals surface area (Å²) in [5.74, 6) is 0.389. The van der Waals surface area contributed by atoms with Crippen LogP contribution in [0.5, 0.6) is 0 Å². The van der Waals surface area contributed by atoms with Crippen molar-refractivity contribution < 1.29 is 9.53 Å². The minimum absolute atomic E-state index is 0.0387. The van der Waals surface area contributed by atoms with Gasteiger partial charge in [0.2, 0.25) is 0 Å². The van der Waals surface area contributed by atoms with Gasteiger partial charge in [-0.15, -0.1) is 0 Å². The second-order valence-corrected chi connectivity index (χ2v) is 5.30. The minimum atomic E-state index is -0.0387. The first-order valence-electron chi connectivity index (χ1n) is 6.84. The lowest BCUT2D eigenvalue weighted by Crippen LogP contribution is -2.46. The fourth-order valence-electron chi connectivity index (χ4n) is 2.31. The average Bonchev–Trinajstić information content (AvgIpc) is 2.39. The summed E-state index contributed by atoms with van der Waals surface area (Å²) in [4.78, 5) is 14.1. The fraction of sp³-hybridized carbons (Fsp3) is 0.533. The first kappa shape index (κ1) is 13.9. The molecule has 0 aliphatic carbocycles. The quantitative estimate of drug-likeness (QED) is 0.890. The van der Waals surface area contributed by atoms with E-state index >= 15 is 0 Å². The molecule has 1 fully saturated rings. The fourth-order valence-corrected chi connectivity index (χ4v) is 2.31. The van der Waals surface area contributed by atoms with Crippen molar-refractivity contribution in [2.45, 2.75) is 32.8 Å². The molecule has 2 rings (SSSR count). The molecule has 0 bridgehead atoms. The summed E-state index contributed by atoms with van der Waals surface area (Å²) in [6, 6.07) is 7.92. The van der Waals surface area contributed by atoms with E-state index in [0.717, 1.165) is 11.3 Å². The number of urea groups is 1. The monoisotopic (exact) mass is 262 g/mol. The van der Waals surface area contributed by atoms with E-state index in [1.165, 1.54) is 0 Å². The third-order valence-corrected chi connectivity index (χ3v) is 3.35. The highest BCUT2D eigenvalue weighted by Gasteiger charge is 2.22. The van der Waals surface area contributed by atoms with E-state index in [4.69, 9.17) is 4.74 Å². The van der Waals surface area contributed by atoms with Crippen molar-refractivity contribution >= 4 is 11.7 Å². The summed E-state index contributed by atoms with van der Waals surface area (Å²) < 4.78 is 5.45. The van der Waals surface area contributed by atoms with Crippen LogP contribution in [0.25, 0.3) is 0 Å². The zero-order chi connectivity index (χ0) is 13.8. The molecule has 1 atom stereocenters. The third kappa shape index (κ3) is 3.47. The molecule has 19 heavy (non-hydrogen) atoms. The molecule has 4 heteroatoms. The third-order valence-electron chi connectivity index (χ3n) is 3.35. The van der Waals surface area contributed by atoms with Gasteiger partial charge in [0.15, 0.2) is 0 Å². The summed E-state index contributed by atoms with van der Waals surface area (Å²) in [5, 5.41) is 3.01. The minimum Gasteiger partial charge on any atom is -0.375 e. The lowest BCUT2D eigenvalue weighted by molar-refractivity contribution is -0.00138. The lowest BCUT2D eigenvalue weighted by Gasteiger charge is -2.31. The van der Waals surface area contributed by atoms with Crippen LogP contribution in [-0.2, 0) is 4.74 Å². The number of carbonyl (C=O) groups excluding carboxylic acids is 1. The van der Waals surface area contributed by atoms with Crippen LogP contribution in [0.2, 0.25) is 0 Å². The number of para-hydroxylation sites is 1. The topological polar surface area (TPSA) is 41.6 Å². The van der Waals surface area contributed by atoms with E-state index in [1.54, 1.807) is 0 Å². The molecule has 1 N–H and O–H groups in total. The number of amides is 2. The van der Waals surface area contributed by atoms with Crippen molar-refractivity contribution in [1.82, 2.24) is 4.90 Å². The Morgan fingerprint density at radius 2 is 2.16 bits per heavy atom. The number of carbonyl (C=O) groups is 1. The summed E-state index contributed by atoms with van der Waals surface area (Å²) >= 11 is 0. The van der Waals surface area contributed by atoms with Crippen LogP contribution in [0.15, 0.2) is 24.3 Å². The van der Waals surface area contributed by atoms with E-state index < -0.39 is 0 Å². The number of anilines is 1. The summed E-state index contributed by atoms with van der Waals surface area (Å²) in [5.41, 5.74) is 2.07. The van der Waals surface area contributed by atoms with E-state index in [0.29, 0.717) is 25.6 Å². The van der Waals surface area contributed by atoms with Gasteiger partial charge in [0.1, 0.15) is 0 Å². The highest BCUT2D eigenvalue weighted by molar-refractivity contribution is 5.90. The van der Waals surface area contributed by atoms with Crippen molar-refractivity contribution in [1.29, 1.82) is 0 Å². The largest absolute Gasteiger partial charge is 0.375 e. The lowest BCUT2D eigenvalue weighted by atomic mass is 10.0. The molecule has 104 valence electrons. The van der Waals surface area contributed by atoms with Gasteiger partial charge in [0.05, 0.1) is 12.7 Å². The normalized spacial score (nSPS) is 19.6. The molecule has 1 saturated heterocycles. The number of nitrogens with zero attached hydrogens (tertiary/aromatic N) is 1. The molecule has 1 aliphatic rings. The Morgan fingerprint density at radius 3 is 2.84 bits per heavy atom. The van der Waals surface area contributed by atoms with E-state index in [2.05, 4.69) is 25.2 Å². The van der Waals surface area contributed by atoms with Crippen LogP contribution in [0.4, 0.5) is 10.5 Å². The second-order valence-electron chi connectivity index (χ2n) is 5.30. The van der Waals surface area contributed by atoms with Gasteiger partial charge in [0.25, 0.3) is 0 Å². The van der Waals surface area contributed by atoms with Crippen LogP contribution >= 0.6 is 0 Å². The van der Waals surface area contributed by atoms with E-state index in [1.807, 2.05) is 30.0 Å². The Labute approximate surface area is 114 Å². The Hall–Kier alpha value is -1.55. The highest BCUT2D eigenvalue weighted by Crippen LogP contribution is 2.24. The van der Waals surface area contributed by atoms with Crippen molar-refractivity contribution in [3.63, 3.8) is 0 Å². The van der Waals surface area contributed by atoms with Crippen molar-refractivity contribution in [3.05, 3.63) is 29.8 Å². The zero-order valence-corrected chi connectivity index (χ0v) is 11.8. The Kier molecular flexibility index (Phi) is 4.43. The molecule has 1 heterocycles. The van der Waals surface area contributed by atoms with Gasteiger partial charge >= 0.3 is 6.03 Å². The smallest absolute Gasteiger partial charge is 0.322 e. The molecule has 1 unspecified atom stereocenters. The first-order valence-corrected chi connectivity index (χ1v) is 6.84. The summed E-state index contributed by atoms with van der Waals surface area (Å²) in [7, 11) is 0. The number of benzene rings is 1. The van der Waals surface area contributed by atoms with Crippen LogP contribution in [0.1, 0.15) is 32.3 Å². The van der Waals surface area contributed by atoms with Gasteiger partial charge < -0.3 is 15.0 Å². The molecular formula is C15H22N2O2. The number of morpholine rings is 1. The van der Waals surface area contributed by atoms with Crippen LogP contribution in [-0.4, -0.2) is 36.7 Å². The molecular weight excluding hydrogens is 240 g/mol. The Morgan fingerprint density at radius 1 is 1.42 bits per heavy atom. The van der Waals surface area contributed by atoms with E-state index in [9.17, 15) is 4.79 Å². The maximum Gasteiger partial charge on any atom is 0.322 e. The molecule has 1 aliphatic heterocycles. The molecule has 0 aromatic heterocycles. The van der Waals surface area contributed by atoms with Crippen molar-refractivity contribution in [3.8, 4) is 0 Å². The molecule has 0 radical (unpaired) electrons. The maximum absolute atomic E-state index is 12.2. The maximum atomic E-state index is 12.2. The SMILES string of the molecule is CC1CN(C(=O)Nc2ccccc2C(C)C)CCO1. The average molecular weight is 262 g/mol. The highest BCUT2D eigenvalue weighted by atomic mass is 16.5. The predicted molar refractivity (Wildman–Crippen MR) is 76.5 cm³/mol. The number of ether oxygens (including phenoxy) is 1. The van der Waals surface area contributed by atoms with Gasteiger partial charge in [-0.05, 0) is 24.5 Å². The molecule has 1 aromatic rings. The molecule has 1 aromatic carbocycles. The van der Waals surface area contributed by atoms with Crippen molar-refractivity contribution in [2.75, 3.05) is 25.0 Å². The number of hydrogen-bond acceptors (Lipinski definition) is 2. The Bertz CT molecular complexity index is 446. The van der Waals surface area contributed by atoms with Crippen LogP contribution in [0.3, 0.4) is 0 Å². The molecule has 0 saturated carbocycles. The predicted octanol–water partition coefficient (Wildman–Crippen LogP) is 3.06. The number of rotatable bonds is 2. The van der Waals surface area contributed by atoms with Gasteiger partial charge in [-0.25, -0.2) is 4.79 Å². The van der Waals surface area contributed by atoms with Crippen molar-refractivity contribution in [2.24, 2.45) is 0 Å². The molecule has 2 amide bonds. The first-order chi connectivity index (χ1) is 9.08. The van der Waals surface area contributed by atoms with E-state index in [-0.39, 0.29) is 12.1 Å². The van der Waals surface area contributed by atoms with Gasteiger partial charge in [-0.2, -0.15) is 0 Å². The van der Waals surface area contributed by atoms with Crippen LogP contribution in [0, 0.1) is 0 Å². The summed E-state index contributed by atoms with van der Waals surface area (Å²) in [6.07, 6.45) is 0.111. The standard InChI is InChI=1S/C15H22N2O2/c1-11(2)13-6-4-5-7-14(13)16-15(18)17-8-9-19-12(3)10-17/h4-7,11-12H,8-10H2,1-3H3,(H,16,18). The molecule has 0 spiro atoms. The van der Waals surface area contributed by atoms with Gasteiger partial charge in [-0.3, -0.25) is 0 Å². The number of nitrogens with one attached hydrogen (secondary N) is 1. The number of hydrogen-bond donors (Lipinski definition) is 1. The Balaban J connectivity index is 2.06.